The van der Waals surface area contributed by atoms with Gasteiger partial charge >= 0.3 is 0 Å². The Morgan fingerprint density at radius 2 is 1.71 bits per heavy atom. The molecule has 1 aromatic rings. The first kappa shape index (κ1) is 24.6. The second-order valence-corrected chi connectivity index (χ2v) is 8.28. The van der Waals surface area contributed by atoms with Gasteiger partial charge in [-0.3, -0.25) is 9.79 Å². The van der Waals surface area contributed by atoms with Gasteiger partial charge in [-0.15, -0.1) is 24.0 Å². The highest BCUT2D eigenvalue weighted by molar-refractivity contribution is 14.0. The van der Waals surface area contributed by atoms with Crippen molar-refractivity contribution in [2.75, 3.05) is 45.0 Å². The molecule has 2 rings (SSSR count). The van der Waals surface area contributed by atoms with E-state index in [1.807, 2.05) is 37.3 Å². The van der Waals surface area contributed by atoms with Crippen molar-refractivity contribution in [2.24, 2.45) is 4.99 Å². The van der Waals surface area contributed by atoms with E-state index in [1.165, 1.54) is 0 Å². The summed E-state index contributed by atoms with van der Waals surface area (Å²) >= 11 is 0. The second kappa shape index (κ2) is 12.2. The number of amides is 1. The number of guanidine groups is 1. The molecule has 1 aromatic carbocycles. The average molecular weight is 523 g/mol. The maximum Gasteiger partial charge on any atom is 0.219 e. The molecule has 1 amide bonds. The minimum absolute atomic E-state index is 0. The van der Waals surface area contributed by atoms with Gasteiger partial charge in [0, 0.05) is 46.2 Å². The Labute approximate surface area is 184 Å². The summed E-state index contributed by atoms with van der Waals surface area (Å²) in [6.07, 6.45) is 0. The third kappa shape index (κ3) is 8.31. The van der Waals surface area contributed by atoms with Crippen molar-refractivity contribution >= 4 is 45.9 Å². The topological polar surface area (TPSA) is 94.1 Å². The Kier molecular flexibility index (Phi) is 10.8. The molecule has 0 spiro atoms. The number of carbonyl (C=O) groups excluding carboxylic acids is 1. The average Bonchev–Trinajstić information content (AvgIpc) is 2.67. The van der Waals surface area contributed by atoms with Crippen molar-refractivity contribution in [3.63, 3.8) is 0 Å². The van der Waals surface area contributed by atoms with E-state index in [9.17, 15) is 13.2 Å². The van der Waals surface area contributed by atoms with Crippen LogP contribution in [0.25, 0.3) is 0 Å². The van der Waals surface area contributed by atoms with Crippen molar-refractivity contribution in [3.05, 3.63) is 35.9 Å². The second-order valence-electron chi connectivity index (χ2n) is 6.35. The van der Waals surface area contributed by atoms with Crippen molar-refractivity contribution in [3.8, 4) is 0 Å². The van der Waals surface area contributed by atoms with E-state index in [-0.39, 0.29) is 48.7 Å². The van der Waals surface area contributed by atoms with Crippen molar-refractivity contribution < 1.29 is 13.2 Å². The Morgan fingerprint density at radius 1 is 1.11 bits per heavy atom. The van der Waals surface area contributed by atoms with E-state index >= 15 is 0 Å². The first-order valence-corrected chi connectivity index (χ1v) is 10.9. The van der Waals surface area contributed by atoms with Crippen molar-refractivity contribution in [1.29, 1.82) is 0 Å². The van der Waals surface area contributed by atoms with Crippen LogP contribution in [-0.4, -0.2) is 75.1 Å². The highest BCUT2D eigenvalue weighted by atomic mass is 127. The molecule has 158 valence electrons. The zero-order valence-corrected chi connectivity index (χ0v) is 19.6. The molecule has 0 unspecified atom stereocenters. The first-order valence-electron chi connectivity index (χ1n) is 9.21. The van der Waals surface area contributed by atoms with Gasteiger partial charge in [-0.05, 0) is 12.5 Å². The number of aliphatic imine (C=N–C) groups is 1. The normalized spacial score (nSPS) is 15.1. The van der Waals surface area contributed by atoms with Crippen LogP contribution in [0.15, 0.2) is 35.3 Å². The number of benzene rings is 1. The van der Waals surface area contributed by atoms with Crippen LogP contribution in [0.2, 0.25) is 0 Å². The molecule has 28 heavy (non-hydrogen) atoms. The molecule has 0 atom stereocenters. The van der Waals surface area contributed by atoms with Gasteiger partial charge in [0.15, 0.2) is 5.96 Å². The van der Waals surface area contributed by atoms with Crippen LogP contribution >= 0.6 is 24.0 Å². The van der Waals surface area contributed by atoms with E-state index in [2.05, 4.69) is 19.9 Å². The van der Waals surface area contributed by atoms with Crippen LogP contribution in [0.5, 0.6) is 0 Å². The van der Waals surface area contributed by atoms with Gasteiger partial charge in [0.05, 0.1) is 12.3 Å². The lowest BCUT2D eigenvalue weighted by Crippen LogP contribution is -2.53. The zero-order valence-electron chi connectivity index (χ0n) is 16.4. The molecular formula is C18H30IN5O3S. The van der Waals surface area contributed by atoms with Crippen molar-refractivity contribution in [2.45, 2.75) is 20.4 Å². The summed E-state index contributed by atoms with van der Waals surface area (Å²) in [5.41, 5.74) is 0.918. The fourth-order valence-electron chi connectivity index (χ4n) is 2.79. The first-order chi connectivity index (χ1) is 12.9. The van der Waals surface area contributed by atoms with Gasteiger partial charge in [-0.25, -0.2) is 13.1 Å². The molecule has 2 N–H and O–H groups in total. The summed E-state index contributed by atoms with van der Waals surface area (Å²) in [7, 11) is -3.40. The molecular weight excluding hydrogens is 493 g/mol. The Hall–Kier alpha value is -1.40. The van der Waals surface area contributed by atoms with Crippen LogP contribution in [0.3, 0.4) is 0 Å². The predicted molar refractivity (Wildman–Crippen MR) is 122 cm³/mol. The van der Waals surface area contributed by atoms with Gasteiger partial charge in [0.1, 0.15) is 0 Å². The third-order valence-corrected chi connectivity index (χ3v) is 5.62. The number of rotatable bonds is 7. The van der Waals surface area contributed by atoms with E-state index < -0.39 is 10.0 Å². The molecule has 0 radical (unpaired) electrons. The minimum atomic E-state index is -3.40. The van der Waals surface area contributed by atoms with E-state index in [1.54, 1.807) is 11.8 Å². The Morgan fingerprint density at radius 3 is 2.29 bits per heavy atom. The molecule has 0 bridgehead atoms. The molecule has 1 aliphatic heterocycles. The Bertz CT molecular complexity index is 735. The molecule has 0 saturated carbocycles. The monoisotopic (exact) mass is 523 g/mol. The van der Waals surface area contributed by atoms with E-state index in [0.29, 0.717) is 38.7 Å². The van der Waals surface area contributed by atoms with Gasteiger partial charge in [0.2, 0.25) is 15.9 Å². The van der Waals surface area contributed by atoms with E-state index in [4.69, 9.17) is 0 Å². The highest BCUT2D eigenvalue weighted by Crippen LogP contribution is 2.03. The van der Waals surface area contributed by atoms with Gasteiger partial charge in [-0.1, -0.05) is 30.3 Å². The number of halogens is 1. The van der Waals surface area contributed by atoms with Gasteiger partial charge in [-0.2, -0.15) is 0 Å². The SMILES string of the molecule is CCNC(=NCCS(=O)(=O)NCc1ccccc1)N1CCN(C(C)=O)CC1.I. The maximum absolute atomic E-state index is 12.2. The number of nitrogens with zero attached hydrogens (tertiary/aromatic N) is 3. The third-order valence-electron chi connectivity index (χ3n) is 4.32. The summed E-state index contributed by atoms with van der Waals surface area (Å²) in [6.45, 7) is 7.37. The largest absolute Gasteiger partial charge is 0.357 e. The van der Waals surface area contributed by atoms with Gasteiger partial charge in [0.25, 0.3) is 0 Å². The minimum Gasteiger partial charge on any atom is -0.357 e. The molecule has 0 aromatic heterocycles. The van der Waals surface area contributed by atoms with Crippen LogP contribution in [0.4, 0.5) is 0 Å². The number of piperazine rings is 1. The highest BCUT2D eigenvalue weighted by Gasteiger charge is 2.21. The molecule has 1 fully saturated rings. The molecule has 8 nitrogen and oxygen atoms in total. The summed E-state index contributed by atoms with van der Waals surface area (Å²) in [5, 5.41) is 3.20. The number of nitrogens with one attached hydrogen (secondary N) is 2. The molecule has 0 aliphatic carbocycles. The lowest BCUT2D eigenvalue weighted by Gasteiger charge is -2.36. The van der Waals surface area contributed by atoms with Crippen LogP contribution in [0, 0.1) is 0 Å². The molecule has 1 saturated heterocycles. The number of carbonyl (C=O) groups is 1. The summed E-state index contributed by atoms with van der Waals surface area (Å²) in [6, 6.07) is 9.41. The summed E-state index contributed by atoms with van der Waals surface area (Å²) in [4.78, 5) is 19.8. The number of sulfonamides is 1. The summed E-state index contributed by atoms with van der Waals surface area (Å²) < 4.78 is 27.0. The number of hydrogen-bond donors (Lipinski definition) is 2. The molecule has 1 heterocycles. The van der Waals surface area contributed by atoms with Crippen LogP contribution < -0.4 is 10.0 Å². The lowest BCUT2D eigenvalue weighted by molar-refractivity contribution is -0.130. The lowest BCUT2D eigenvalue weighted by atomic mass is 10.2. The Balaban J connectivity index is 0.00000392. The summed E-state index contributed by atoms with van der Waals surface area (Å²) in [5.74, 6) is 0.702. The molecule has 1 aliphatic rings. The maximum atomic E-state index is 12.2. The van der Waals surface area contributed by atoms with Crippen LogP contribution in [0.1, 0.15) is 19.4 Å². The number of hydrogen-bond acceptors (Lipinski definition) is 4. The smallest absolute Gasteiger partial charge is 0.219 e. The standard InChI is InChI=1S/C18H29N5O3S.HI/c1-3-19-18(23-12-10-22(11-13-23)16(2)24)20-9-14-27(25,26)21-15-17-7-5-4-6-8-17;/h4-8,21H,3,9-15H2,1-2H3,(H,19,20);1H. The van der Waals surface area contributed by atoms with Crippen LogP contribution in [-0.2, 0) is 21.4 Å². The predicted octanol–water partition coefficient (Wildman–Crippen LogP) is 0.854. The van der Waals surface area contributed by atoms with E-state index in [0.717, 1.165) is 5.56 Å². The fourth-order valence-corrected chi connectivity index (χ4v) is 3.65. The fraction of sp³-hybridized carbons (Fsp3) is 0.556. The molecule has 10 heteroatoms. The van der Waals surface area contributed by atoms with Gasteiger partial charge < -0.3 is 15.1 Å². The zero-order chi connectivity index (χ0) is 19.7. The van der Waals surface area contributed by atoms with Crippen molar-refractivity contribution in [1.82, 2.24) is 19.8 Å². The quantitative estimate of drug-likeness (QED) is 0.314.